The van der Waals surface area contributed by atoms with Crippen LogP contribution in [-0.2, 0) is 16.1 Å². The van der Waals surface area contributed by atoms with Crippen LogP contribution in [0.1, 0.15) is 29.2 Å². The van der Waals surface area contributed by atoms with Crippen LogP contribution < -0.4 is 9.64 Å². The largest absolute Gasteiger partial charge is 0.497 e. The number of methoxy groups -OCH3 is 1. The van der Waals surface area contributed by atoms with Crippen LogP contribution in [0, 0.1) is 13.8 Å². The highest BCUT2D eigenvalue weighted by Crippen LogP contribution is 2.36. The van der Waals surface area contributed by atoms with Gasteiger partial charge in [0.25, 0.3) is 11.8 Å². The molecule has 0 unspecified atom stereocenters. The fourth-order valence-corrected chi connectivity index (χ4v) is 4.08. The zero-order valence-corrected chi connectivity index (χ0v) is 19.5. The van der Waals surface area contributed by atoms with E-state index in [0.717, 1.165) is 16.7 Å². The molecular weight excluding hydrogens is 412 g/mol. The van der Waals surface area contributed by atoms with Crippen molar-refractivity contribution in [2.45, 2.75) is 27.3 Å². The first-order valence-electron chi connectivity index (χ1n) is 11.1. The molecule has 0 spiro atoms. The molecule has 33 heavy (non-hydrogen) atoms. The Morgan fingerprint density at radius 2 is 1.55 bits per heavy atom. The van der Waals surface area contributed by atoms with E-state index in [9.17, 15) is 9.59 Å². The highest BCUT2D eigenvalue weighted by atomic mass is 16.5. The lowest BCUT2D eigenvalue weighted by atomic mass is 10.0. The number of nitrogens with zero attached hydrogens (tertiary/aromatic N) is 2. The van der Waals surface area contributed by atoms with Gasteiger partial charge in [-0.15, -0.1) is 0 Å². The lowest BCUT2D eigenvalue weighted by Crippen LogP contribution is -2.35. The second-order valence-electron chi connectivity index (χ2n) is 8.17. The average molecular weight is 441 g/mol. The van der Waals surface area contributed by atoms with Crippen LogP contribution >= 0.6 is 0 Å². The van der Waals surface area contributed by atoms with Gasteiger partial charge >= 0.3 is 0 Å². The first-order valence-corrected chi connectivity index (χ1v) is 11.1. The maximum absolute atomic E-state index is 13.8. The van der Waals surface area contributed by atoms with Crippen molar-refractivity contribution in [1.82, 2.24) is 4.90 Å². The lowest BCUT2D eigenvalue weighted by molar-refractivity contribution is -0.120. The number of hydrogen-bond donors (Lipinski definition) is 0. The molecule has 0 N–H and O–H groups in total. The predicted molar refractivity (Wildman–Crippen MR) is 131 cm³/mol. The molecule has 0 fully saturated rings. The van der Waals surface area contributed by atoms with Crippen LogP contribution in [0.5, 0.6) is 5.75 Å². The molecule has 0 aliphatic carbocycles. The molecule has 5 nitrogen and oxygen atoms in total. The van der Waals surface area contributed by atoms with Gasteiger partial charge in [-0.25, -0.2) is 4.90 Å². The summed E-state index contributed by atoms with van der Waals surface area (Å²) in [5.41, 5.74) is 5.34. The Balaban J connectivity index is 1.83. The summed E-state index contributed by atoms with van der Waals surface area (Å²) in [5, 5.41) is 0. The number of rotatable bonds is 7. The van der Waals surface area contributed by atoms with Gasteiger partial charge in [0.15, 0.2) is 0 Å². The number of amides is 2. The van der Waals surface area contributed by atoms with Crippen molar-refractivity contribution < 1.29 is 14.3 Å². The molecule has 0 saturated heterocycles. The minimum absolute atomic E-state index is 0.299. The van der Waals surface area contributed by atoms with Crippen molar-refractivity contribution in [3.05, 3.63) is 101 Å². The molecule has 0 saturated carbocycles. The summed E-state index contributed by atoms with van der Waals surface area (Å²) in [6.45, 7) is 7.11. The molecule has 1 heterocycles. The normalized spacial score (nSPS) is 13.6. The molecule has 1 aliphatic heterocycles. The third kappa shape index (κ3) is 4.27. The number of anilines is 1. The van der Waals surface area contributed by atoms with Gasteiger partial charge in [0.05, 0.1) is 18.4 Å². The molecule has 0 bridgehead atoms. The van der Waals surface area contributed by atoms with Crippen molar-refractivity contribution >= 4 is 23.1 Å². The molecule has 3 aromatic carbocycles. The predicted octanol–water partition coefficient (Wildman–Crippen LogP) is 5.12. The molecule has 0 radical (unpaired) electrons. The van der Waals surface area contributed by atoms with Crippen molar-refractivity contribution in [3.63, 3.8) is 0 Å². The van der Waals surface area contributed by atoms with E-state index >= 15 is 0 Å². The van der Waals surface area contributed by atoms with Crippen LogP contribution in [0.3, 0.4) is 0 Å². The van der Waals surface area contributed by atoms with Gasteiger partial charge in [-0.05, 0) is 67.3 Å². The SMILES string of the molecule is CCN(Cc1ccccc1)C1=C(c2ccc(OC)cc2)C(=O)N(c2ccc(C)c(C)c2)C1=O. The molecular formula is C28H28N2O3. The second kappa shape index (κ2) is 9.33. The topological polar surface area (TPSA) is 49.9 Å². The van der Waals surface area contributed by atoms with E-state index in [1.165, 1.54) is 4.90 Å². The highest BCUT2D eigenvalue weighted by Gasteiger charge is 2.42. The van der Waals surface area contributed by atoms with Crippen molar-refractivity contribution in [1.29, 1.82) is 0 Å². The molecule has 0 aromatic heterocycles. The summed E-state index contributed by atoms with van der Waals surface area (Å²) in [4.78, 5) is 30.8. The van der Waals surface area contributed by atoms with Gasteiger partial charge in [-0.3, -0.25) is 9.59 Å². The molecule has 0 atom stereocenters. The van der Waals surface area contributed by atoms with Gasteiger partial charge in [0.1, 0.15) is 11.4 Å². The Hall–Kier alpha value is -3.86. The fraction of sp³-hybridized carbons (Fsp3) is 0.214. The maximum atomic E-state index is 13.8. The van der Waals surface area contributed by atoms with E-state index in [4.69, 9.17) is 4.74 Å². The molecule has 1 aliphatic rings. The molecule has 5 heteroatoms. The summed E-state index contributed by atoms with van der Waals surface area (Å²) in [7, 11) is 1.60. The number of hydrogen-bond acceptors (Lipinski definition) is 4. The number of benzene rings is 3. The van der Waals surface area contributed by atoms with Crippen LogP contribution in [0.4, 0.5) is 5.69 Å². The van der Waals surface area contributed by atoms with Gasteiger partial charge in [0, 0.05) is 13.1 Å². The third-order valence-corrected chi connectivity index (χ3v) is 6.10. The van der Waals surface area contributed by atoms with Crippen LogP contribution in [0.2, 0.25) is 0 Å². The van der Waals surface area contributed by atoms with Crippen molar-refractivity contribution in [2.24, 2.45) is 0 Å². The Morgan fingerprint density at radius 1 is 0.848 bits per heavy atom. The van der Waals surface area contributed by atoms with Gasteiger partial charge in [-0.2, -0.15) is 0 Å². The third-order valence-electron chi connectivity index (χ3n) is 6.10. The average Bonchev–Trinajstić information content (AvgIpc) is 3.10. The summed E-state index contributed by atoms with van der Waals surface area (Å²) in [6, 6.07) is 22.9. The minimum Gasteiger partial charge on any atom is -0.497 e. The molecule has 3 aromatic rings. The Bertz CT molecular complexity index is 1210. The number of ether oxygens (including phenoxy) is 1. The van der Waals surface area contributed by atoms with Crippen LogP contribution in [0.15, 0.2) is 78.5 Å². The van der Waals surface area contributed by atoms with Crippen LogP contribution in [-0.4, -0.2) is 30.4 Å². The second-order valence-corrected chi connectivity index (χ2v) is 8.17. The summed E-state index contributed by atoms with van der Waals surface area (Å²) >= 11 is 0. The molecule has 2 amide bonds. The van der Waals surface area contributed by atoms with Gasteiger partial charge in [0.2, 0.25) is 0 Å². The zero-order chi connectivity index (χ0) is 23.5. The maximum Gasteiger partial charge on any atom is 0.282 e. The van der Waals surface area contributed by atoms with Gasteiger partial charge < -0.3 is 9.64 Å². The Morgan fingerprint density at radius 3 is 2.15 bits per heavy atom. The smallest absolute Gasteiger partial charge is 0.282 e. The van der Waals surface area contributed by atoms with Crippen LogP contribution in [0.25, 0.3) is 5.57 Å². The van der Waals surface area contributed by atoms with E-state index in [2.05, 4.69) is 0 Å². The van der Waals surface area contributed by atoms with Crippen molar-refractivity contribution in [2.75, 3.05) is 18.6 Å². The lowest BCUT2D eigenvalue weighted by Gasteiger charge is -2.25. The van der Waals surface area contributed by atoms with E-state index < -0.39 is 0 Å². The van der Waals surface area contributed by atoms with E-state index in [1.54, 1.807) is 7.11 Å². The number of aryl methyl sites for hydroxylation is 2. The highest BCUT2D eigenvalue weighted by molar-refractivity contribution is 6.45. The summed E-state index contributed by atoms with van der Waals surface area (Å²) < 4.78 is 5.28. The summed E-state index contributed by atoms with van der Waals surface area (Å²) in [5.74, 6) is 0.0853. The Labute approximate surface area is 194 Å². The zero-order valence-electron chi connectivity index (χ0n) is 19.5. The number of likely N-dealkylation sites (N-methyl/N-ethyl adjacent to an activating group) is 1. The van der Waals surface area contributed by atoms with Gasteiger partial charge in [-0.1, -0.05) is 48.5 Å². The fourth-order valence-electron chi connectivity index (χ4n) is 4.08. The minimum atomic E-state index is -0.310. The number of imide groups is 1. The monoisotopic (exact) mass is 440 g/mol. The van der Waals surface area contributed by atoms with E-state index in [1.807, 2.05) is 98.5 Å². The summed E-state index contributed by atoms with van der Waals surface area (Å²) in [6.07, 6.45) is 0. The molecule has 4 rings (SSSR count). The Kier molecular flexibility index (Phi) is 6.31. The number of carbonyl (C=O) groups is 2. The quantitative estimate of drug-likeness (QED) is 0.479. The van der Waals surface area contributed by atoms with E-state index in [0.29, 0.717) is 41.4 Å². The molecule has 168 valence electrons. The van der Waals surface area contributed by atoms with E-state index in [-0.39, 0.29) is 11.8 Å². The van der Waals surface area contributed by atoms with Crippen molar-refractivity contribution in [3.8, 4) is 5.75 Å². The number of carbonyl (C=O) groups excluding carboxylic acids is 2. The standard InChI is InChI=1S/C28H28N2O3/c1-5-29(18-21-9-7-6-8-10-21)26-25(22-12-15-24(33-4)16-13-22)27(31)30(28(26)32)23-14-11-19(2)20(3)17-23/h6-17H,5,18H2,1-4H3. The first kappa shape index (κ1) is 22.3. The first-order chi connectivity index (χ1) is 15.9.